The highest BCUT2D eigenvalue weighted by molar-refractivity contribution is 5.84. The predicted octanol–water partition coefficient (Wildman–Crippen LogP) is 4.45. The normalized spacial score (nSPS) is 15.5. The topological polar surface area (TPSA) is 92.5 Å². The summed E-state index contributed by atoms with van der Waals surface area (Å²) >= 11 is 0. The van der Waals surface area contributed by atoms with Crippen LogP contribution in [0.3, 0.4) is 0 Å². The Hall–Kier alpha value is -3.85. The minimum Gasteiger partial charge on any atom is -0.457 e. The third-order valence-corrected chi connectivity index (χ3v) is 4.91. The fourth-order valence-electron chi connectivity index (χ4n) is 3.14. The molecule has 1 heterocycles. The van der Waals surface area contributed by atoms with E-state index in [9.17, 15) is 18.0 Å². The fourth-order valence-corrected chi connectivity index (χ4v) is 3.14. The predicted molar refractivity (Wildman–Crippen MR) is 126 cm³/mol. The summed E-state index contributed by atoms with van der Waals surface area (Å²) in [5, 5.41) is 2.61. The van der Waals surface area contributed by atoms with E-state index in [1.165, 1.54) is 12.2 Å². The summed E-state index contributed by atoms with van der Waals surface area (Å²) in [6.07, 6.45) is 7.48. The molecule has 0 spiro atoms. The molecule has 1 aromatic heterocycles. The molecule has 34 heavy (non-hydrogen) atoms. The lowest BCUT2D eigenvalue weighted by Crippen LogP contribution is -2.41. The van der Waals surface area contributed by atoms with E-state index >= 15 is 0 Å². The Bertz CT molecular complexity index is 1130. The summed E-state index contributed by atoms with van der Waals surface area (Å²) < 4.78 is 44.4. The highest BCUT2D eigenvalue weighted by Crippen LogP contribution is 2.28. The molecule has 1 atom stereocenters. The van der Waals surface area contributed by atoms with E-state index in [2.05, 4.69) is 15.3 Å². The molecule has 0 radical (unpaired) electrons. The maximum atomic E-state index is 12.8. The van der Waals surface area contributed by atoms with Crippen molar-refractivity contribution in [2.75, 3.05) is 7.05 Å². The summed E-state index contributed by atoms with van der Waals surface area (Å²) in [5.74, 6) is 0.742. The Morgan fingerprint density at radius 3 is 2.68 bits per heavy atom. The highest BCUT2D eigenvalue weighted by Gasteiger charge is 2.31. The summed E-state index contributed by atoms with van der Waals surface area (Å²) in [7, 11) is 1.67. The number of nitrogens with one attached hydrogen (secondary N) is 2. The molecule has 1 aliphatic carbocycles. The van der Waals surface area contributed by atoms with Crippen molar-refractivity contribution in [1.82, 2.24) is 10.3 Å². The first-order valence-corrected chi connectivity index (χ1v) is 10.5. The van der Waals surface area contributed by atoms with Gasteiger partial charge in [0.2, 0.25) is 5.91 Å². The van der Waals surface area contributed by atoms with Crippen LogP contribution in [0.4, 0.5) is 13.2 Å². The average molecular weight is 470 g/mol. The van der Waals surface area contributed by atoms with Crippen LogP contribution in [-0.4, -0.2) is 36.4 Å². The van der Waals surface area contributed by atoms with E-state index in [-0.39, 0.29) is 12.8 Å². The van der Waals surface area contributed by atoms with Crippen molar-refractivity contribution in [3.8, 4) is 5.75 Å². The van der Waals surface area contributed by atoms with Crippen molar-refractivity contribution < 1.29 is 22.7 Å². The van der Waals surface area contributed by atoms with Crippen molar-refractivity contribution in [3.63, 3.8) is 0 Å². The number of amides is 1. The minimum atomic E-state index is -4.44. The number of hydrogen-bond donors (Lipinski definition) is 3. The van der Waals surface area contributed by atoms with Gasteiger partial charge in [-0.1, -0.05) is 24.3 Å². The number of aromatic nitrogens is 1. The van der Waals surface area contributed by atoms with E-state index in [1.807, 2.05) is 6.07 Å². The average Bonchev–Trinajstić information content (AvgIpc) is 3.23. The zero-order valence-electron chi connectivity index (χ0n) is 18.5. The van der Waals surface area contributed by atoms with Gasteiger partial charge in [-0.15, -0.1) is 0 Å². The second-order valence-corrected chi connectivity index (χ2v) is 7.50. The number of rotatable bonds is 8. The molecule has 6 nitrogen and oxygen atoms in total. The van der Waals surface area contributed by atoms with Gasteiger partial charge in [-0.05, 0) is 48.4 Å². The van der Waals surface area contributed by atoms with Crippen molar-refractivity contribution in [2.45, 2.75) is 25.1 Å². The van der Waals surface area contributed by atoms with Gasteiger partial charge in [-0.3, -0.25) is 9.79 Å². The number of allylic oxidation sites excluding steroid dienone is 6. The first-order chi connectivity index (χ1) is 16.3. The Labute approximate surface area is 195 Å². The number of halogens is 3. The van der Waals surface area contributed by atoms with Gasteiger partial charge in [-0.2, -0.15) is 13.2 Å². The van der Waals surface area contributed by atoms with Crippen LogP contribution in [0.15, 0.2) is 89.4 Å². The third kappa shape index (κ3) is 7.08. The second kappa shape index (κ2) is 11.3. The quantitative estimate of drug-likeness (QED) is 0.393. The van der Waals surface area contributed by atoms with Crippen LogP contribution >= 0.6 is 0 Å². The lowest BCUT2D eigenvalue weighted by Gasteiger charge is -2.14. The number of H-pyrrole nitrogens is 1. The number of benzene rings is 1. The Kier molecular flexibility index (Phi) is 8.26. The molecule has 1 aromatic carbocycles. The van der Waals surface area contributed by atoms with Crippen molar-refractivity contribution in [3.05, 3.63) is 95.5 Å². The number of carbonyl (C=O) groups excluding carboxylic acids is 1. The lowest BCUT2D eigenvalue weighted by atomic mass is 10.1. The van der Waals surface area contributed by atoms with Crippen LogP contribution in [0, 0.1) is 0 Å². The van der Waals surface area contributed by atoms with E-state index in [1.54, 1.807) is 56.0 Å². The zero-order valence-corrected chi connectivity index (χ0v) is 18.5. The van der Waals surface area contributed by atoms with Crippen molar-refractivity contribution in [1.29, 1.82) is 0 Å². The fraction of sp³-hybridized carbons (Fsp3) is 0.200. The molecule has 0 aliphatic heterocycles. The molecule has 9 heteroatoms. The van der Waals surface area contributed by atoms with Crippen LogP contribution < -0.4 is 15.8 Å². The second-order valence-electron chi connectivity index (χ2n) is 7.50. The van der Waals surface area contributed by atoms with Gasteiger partial charge in [-0.25, -0.2) is 0 Å². The first kappa shape index (κ1) is 24.8. The summed E-state index contributed by atoms with van der Waals surface area (Å²) in [5.41, 5.74) is 7.27. The van der Waals surface area contributed by atoms with Crippen molar-refractivity contribution in [2.24, 2.45) is 10.7 Å². The summed E-state index contributed by atoms with van der Waals surface area (Å²) in [6, 6.07) is 8.15. The number of alkyl halides is 3. The Balaban J connectivity index is 1.59. The Morgan fingerprint density at radius 2 is 2.03 bits per heavy atom. The van der Waals surface area contributed by atoms with Crippen LogP contribution in [0.1, 0.15) is 17.5 Å². The molecule has 1 amide bonds. The molecule has 0 saturated carbocycles. The maximum absolute atomic E-state index is 12.8. The molecule has 0 bridgehead atoms. The van der Waals surface area contributed by atoms with Gasteiger partial charge in [0.05, 0.1) is 11.6 Å². The number of ether oxygens (including phenoxy) is 1. The number of carbonyl (C=O) groups is 1. The zero-order chi connectivity index (χ0) is 24.6. The largest absolute Gasteiger partial charge is 0.457 e. The lowest BCUT2D eigenvalue weighted by molar-refractivity contribution is -0.121. The molecule has 0 saturated heterocycles. The monoisotopic (exact) mass is 470 g/mol. The standard InChI is InChI=1S/C25H25F3N4O2/c1-30-13-12-23(18-11-14-31-16-18)34-21-9-5-17(6-10-21)15-22(29)24(33)32-20-4-2-3-19(7-8-20)25(26,27)28/h2-3,5-14,16,22,31H,4,15,29H2,1H3,(H,32,33)/b23-12+,30-13?. The molecule has 3 rings (SSSR count). The van der Waals surface area contributed by atoms with Gasteiger partial charge in [0.1, 0.15) is 11.5 Å². The number of nitrogens with zero attached hydrogens (tertiary/aromatic N) is 1. The molecule has 1 unspecified atom stereocenters. The van der Waals surface area contributed by atoms with E-state index in [0.717, 1.165) is 23.3 Å². The number of hydrogen-bond acceptors (Lipinski definition) is 4. The Morgan fingerprint density at radius 1 is 1.26 bits per heavy atom. The number of aliphatic imine (C=N–C) groups is 1. The molecule has 178 valence electrons. The van der Waals surface area contributed by atoms with Crippen LogP contribution in [0.5, 0.6) is 5.75 Å². The third-order valence-electron chi connectivity index (χ3n) is 4.91. The first-order valence-electron chi connectivity index (χ1n) is 10.5. The van der Waals surface area contributed by atoms with Gasteiger partial charge in [0, 0.05) is 43.3 Å². The van der Waals surface area contributed by atoms with Crippen LogP contribution in [-0.2, 0) is 11.2 Å². The van der Waals surface area contributed by atoms with Gasteiger partial charge in [0.15, 0.2) is 0 Å². The molecular weight excluding hydrogens is 445 g/mol. The van der Waals surface area contributed by atoms with Gasteiger partial charge >= 0.3 is 6.18 Å². The smallest absolute Gasteiger partial charge is 0.416 e. The summed E-state index contributed by atoms with van der Waals surface area (Å²) in [6.45, 7) is 0. The van der Waals surface area contributed by atoms with E-state index in [4.69, 9.17) is 10.5 Å². The van der Waals surface area contributed by atoms with Crippen LogP contribution in [0.25, 0.3) is 5.76 Å². The summed E-state index contributed by atoms with van der Waals surface area (Å²) in [4.78, 5) is 19.4. The SMILES string of the molecule is CN=C/C=C(/Oc1ccc(CC(N)C(=O)NC2=CC=C(C(F)(F)F)C=CC2)cc1)c1cc[nH]c1. The van der Waals surface area contributed by atoms with E-state index in [0.29, 0.717) is 17.2 Å². The van der Waals surface area contributed by atoms with Crippen LogP contribution in [0.2, 0.25) is 0 Å². The minimum absolute atomic E-state index is 0.167. The highest BCUT2D eigenvalue weighted by atomic mass is 19.4. The molecule has 1 aliphatic rings. The van der Waals surface area contributed by atoms with E-state index < -0.39 is 23.7 Å². The van der Waals surface area contributed by atoms with Gasteiger partial charge < -0.3 is 20.8 Å². The molecule has 0 fully saturated rings. The maximum Gasteiger partial charge on any atom is 0.416 e. The number of nitrogens with two attached hydrogens (primary N) is 1. The molecular formula is C25H25F3N4O2. The van der Waals surface area contributed by atoms with Crippen molar-refractivity contribution >= 4 is 17.9 Å². The molecule has 2 aromatic rings. The number of aromatic amines is 1. The van der Waals surface area contributed by atoms with Gasteiger partial charge in [0.25, 0.3) is 0 Å². The molecule has 4 N–H and O–H groups in total.